The first kappa shape index (κ1) is 21.3. The lowest BCUT2D eigenvalue weighted by Crippen LogP contribution is -2.38. The summed E-state index contributed by atoms with van der Waals surface area (Å²) in [7, 11) is 0. The zero-order valence-electron chi connectivity index (χ0n) is 16.3. The average Bonchev–Trinajstić information content (AvgIpc) is 2.70. The number of carbonyl (C=O) groups excluding carboxylic acids is 2. The van der Waals surface area contributed by atoms with Gasteiger partial charge in [-0.15, -0.1) is 0 Å². The van der Waals surface area contributed by atoms with Gasteiger partial charge in [-0.3, -0.25) is 9.59 Å². The van der Waals surface area contributed by atoms with Crippen LogP contribution in [0.5, 0.6) is 0 Å². The van der Waals surface area contributed by atoms with Gasteiger partial charge >= 0.3 is 0 Å². The lowest BCUT2D eigenvalue weighted by atomic mass is 9.98. The molecule has 0 spiro atoms. The number of hydrogen-bond acceptors (Lipinski definition) is 3. The minimum absolute atomic E-state index is 0.0262. The summed E-state index contributed by atoms with van der Waals surface area (Å²) in [6, 6.07) is 14.3. The van der Waals surface area contributed by atoms with Crippen molar-refractivity contribution >= 4 is 46.4 Å². The van der Waals surface area contributed by atoms with Gasteiger partial charge in [0.25, 0.3) is 5.91 Å². The smallest absolute Gasteiger partial charge is 0.253 e. The first-order valence-electron chi connectivity index (χ1n) is 9.65. The van der Waals surface area contributed by atoms with Crippen molar-refractivity contribution in [2.45, 2.75) is 26.2 Å². The number of benzene rings is 2. The molecule has 7 heteroatoms. The van der Waals surface area contributed by atoms with Gasteiger partial charge in [0.2, 0.25) is 5.91 Å². The number of amides is 2. The molecule has 152 valence electrons. The van der Waals surface area contributed by atoms with Gasteiger partial charge in [-0.25, -0.2) is 0 Å². The molecule has 0 radical (unpaired) electrons. The van der Waals surface area contributed by atoms with Gasteiger partial charge in [0.15, 0.2) is 5.11 Å². The van der Waals surface area contributed by atoms with Crippen molar-refractivity contribution in [3.8, 4) is 0 Å². The Kier molecular flexibility index (Phi) is 7.23. The normalized spacial score (nSPS) is 14.3. The van der Waals surface area contributed by atoms with Gasteiger partial charge in [-0.1, -0.05) is 36.7 Å². The van der Waals surface area contributed by atoms with E-state index in [0.717, 1.165) is 31.5 Å². The largest absolute Gasteiger partial charge is 0.339 e. The topological polar surface area (TPSA) is 61.4 Å². The predicted octanol–water partition coefficient (Wildman–Crippen LogP) is 4.27. The molecule has 29 heavy (non-hydrogen) atoms. The minimum atomic E-state index is -0.223. The number of hydrogen-bond donors (Lipinski definition) is 2. The van der Waals surface area contributed by atoms with Gasteiger partial charge in [0.05, 0.1) is 6.42 Å². The van der Waals surface area contributed by atoms with Gasteiger partial charge in [0.1, 0.15) is 0 Å². The lowest BCUT2D eigenvalue weighted by molar-refractivity contribution is -0.119. The van der Waals surface area contributed by atoms with Crippen molar-refractivity contribution in [3.63, 3.8) is 0 Å². The van der Waals surface area contributed by atoms with E-state index in [2.05, 4.69) is 17.6 Å². The summed E-state index contributed by atoms with van der Waals surface area (Å²) in [5.41, 5.74) is 2.12. The molecular weight excluding hydrogens is 406 g/mol. The van der Waals surface area contributed by atoms with Crippen LogP contribution in [0.1, 0.15) is 35.7 Å². The number of rotatable bonds is 4. The highest BCUT2D eigenvalue weighted by molar-refractivity contribution is 7.80. The fourth-order valence-corrected chi connectivity index (χ4v) is 3.60. The van der Waals surface area contributed by atoms with E-state index in [9.17, 15) is 9.59 Å². The fraction of sp³-hybridized carbons (Fsp3) is 0.318. The van der Waals surface area contributed by atoms with Crippen LogP contribution in [-0.2, 0) is 11.2 Å². The summed E-state index contributed by atoms with van der Waals surface area (Å²) >= 11 is 11.1. The first-order valence-corrected chi connectivity index (χ1v) is 10.4. The molecule has 1 heterocycles. The highest BCUT2D eigenvalue weighted by Gasteiger charge is 2.21. The second kappa shape index (κ2) is 9.85. The van der Waals surface area contributed by atoms with E-state index in [1.807, 2.05) is 11.0 Å². The molecule has 1 aliphatic heterocycles. The summed E-state index contributed by atoms with van der Waals surface area (Å²) in [6.45, 7) is 3.79. The molecule has 0 aromatic heterocycles. The molecule has 5 nitrogen and oxygen atoms in total. The zero-order chi connectivity index (χ0) is 20.8. The second-order valence-corrected chi connectivity index (χ2v) is 8.21. The van der Waals surface area contributed by atoms with Crippen molar-refractivity contribution in [1.29, 1.82) is 0 Å². The van der Waals surface area contributed by atoms with Crippen LogP contribution in [0, 0.1) is 5.92 Å². The van der Waals surface area contributed by atoms with E-state index >= 15 is 0 Å². The third-order valence-electron chi connectivity index (χ3n) is 4.97. The Morgan fingerprint density at radius 3 is 2.52 bits per heavy atom. The summed E-state index contributed by atoms with van der Waals surface area (Å²) < 4.78 is 0. The highest BCUT2D eigenvalue weighted by atomic mass is 35.5. The number of nitrogens with zero attached hydrogens (tertiary/aromatic N) is 1. The van der Waals surface area contributed by atoms with Crippen LogP contribution in [-0.4, -0.2) is 34.9 Å². The third-order valence-corrected chi connectivity index (χ3v) is 5.43. The van der Waals surface area contributed by atoms with E-state index in [0.29, 0.717) is 22.2 Å². The van der Waals surface area contributed by atoms with Crippen LogP contribution in [0.4, 0.5) is 5.69 Å². The zero-order valence-corrected chi connectivity index (χ0v) is 17.9. The summed E-state index contributed by atoms with van der Waals surface area (Å²) in [5, 5.41) is 6.46. The molecule has 1 saturated heterocycles. The summed E-state index contributed by atoms with van der Waals surface area (Å²) in [5.74, 6) is 0.471. The highest BCUT2D eigenvalue weighted by Crippen LogP contribution is 2.19. The number of likely N-dealkylation sites (tertiary alicyclic amines) is 1. The van der Waals surface area contributed by atoms with Crippen LogP contribution in [0.15, 0.2) is 48.5 Å². The molecule has 0 atom stereocenters. The summed E-state index contributed by atoms with van der Waals surface area (Å²) in [6.07, 6.45) is 2.27. The van der Waals surface area contributed by atoms with Gasteiger partial charge < -0.3 is 15.5 Å². The molecule has 2 aromatic carbocycles. The molecule has 2 aromatic rings. The maximum atomic E-state index is 12.7. The van der Waals surface area contributed by atoms with Crippen LogP contribution in [0.2, 0.25) is 5.02 Å². The Morgan fingerprint density at radius 1 is 1.14 bits per heavy atom. The monoisotopic (exact) mass is 429 g/mol. The van der Waals surface area contributed by atoms with Crippen LogP contribution in [0.25, 0.3) is 0 Å². The number of nitrogens with one attached hydrogen (secondary N) is 2. The Morgan fingerprint density at radius 2 is 1.83 bits per heavy atom. The second-order valence-electron chi connectivity index (χ2n) is 7.36. The van der Waals surface area contributed by atoms with Crippen LogP contribution < -0.4 is 10.6 Å². The summed E-state index contributed by atoms with van der Waals surface area (Å²) in [4.78, 5) is 26.8. The molecule has 0 bridgehead atoms. The lowest BCUT2D eigenvalue weighted by Gasteiger charge is -2.30. The number of carbonyl (C=O) groups is 2. The van der Waals surface area contributed by atoms with Gasteiger partial charge in [-0.05, 0) is 66.9 Å². The third kappa shape index (κ3) is 6.27. The Hall–Kier alpha value is -2.44. The average molecular weight is 430 g/mol. The van der Waals surface area contributed by atoms with Crippen molar-refractivity contribution in [3.05, 3.63) is 64.7 Å². The maximum Gasteiger partial charge on any atom is 0.253 e. The quantitative estimate of drug-likeness (QED) is 0.712. The molecule has 0 unspecified atom stereocenters. The molecule has 0 aliphatic carbocycles. The van der Waals surface area contributed by atoms with E-state index in [1.54, 1.807) is 42.5 Å². The fourth-order valence-electron chi connectivity index (χ4n) is 3.25. The molecular formula is C22H24ClN3O2S. The van der Waals surface area contributed by atoms with Crippen LogP contribution >= 0.6 is 23.8 Å². The van der Waals surface area contributed by atoms with E-state index in [1.165, 1.54) is 0 Å². The molecule has 0 saturated carbocycles. The molecule has 1 fully saturated rings. The standard InChI is InChI=1S/C22H24ClN3O2S/c1-15-9-11-26(12-10-15)21(28)17-3-2-4-19(14-17)24-22(29)25-20(27)13-16-5-7-18(23)8-6-16/h2-8,14-15H,9-13H2,1H3,(H2,24,25,27,29). The van der Waals surface area contributed by atoms with Gasteiger partial charge in [0, 0.05) is 29.4 Å². The number of halogens is 1. The van der Waals surface area contributed by atoms with Gasteiger partial charge in [-0.2, -0.15) is 0 Å². The predicted molar refractivity (Wildman–Crippen MR) is 120 cm³/mol. The number of piperidine rings is 1. The molecule has 1 aliphatic rings. The van der Waals surface area contributed by atoms with Crippen molar-refractivity contribution < 1.29 is 9.59 Å². The van der Waals surface area contributed by atoms with Crippen molar-refractivity contribution in [1.82, 2.24) is 10.2 Å². The molecule has 2 N–H and O–H groups in total. The number of anilines is 1. The van der Waals surface area contributed by atoms with E-state index in [-0.39, 0.29) is 23.3 Å². The molecule has 3 rings (SSSR count). The van der Waals surface area contributed by atoms with Crippen molar-refractivity contribution in [2.24, 2.45) is 5.92 Å². The number of thiocarbonyl (C=S) groups is 1. The minimum Gasteiger partial charge on any atom is -0.339 e. The maximum absolute atomic E-state index is 12.7. The SMILES string of the molecule is CC1CCN(C(=O)c2cccc(NC(=S)NC(=O)Cc3ccc(Cl)cc3)c2)CC1. The Labute approximate surface area is 181 Å². The Balaban J connectivity index is 1.55. The first-order chi connectivity index (χ1) is 13.9. The molecule has 2 amide bonds. The Bertz CT molecular complexity index is 893. The van der Waals surface area contributed by atoms with Crippen molar-refractivity contribution in [2.75, 3.05) is 18.4 Å². The van der Waals surface area contributed by atoms with E-state index < -0.39 is 0 Å². The van der Waals surface area contributed by atoms with E-state index in [4.69, 9.17) is 23.8 Å². The van der Waals surface area contributed by atoms with Crippen LogP contribution in [0.3, 0.4) is 0 Å².